The van der Waals surface area contributed by atoms with Crippen LogP contribution in [0, 0.1) is 5.82 Å². The first kappa shape index (κ1) is 11.3. The van der Waals surface area contributed by atoms with Gasteiger partial charge in [-0.3, -0.25) is 4.79 Å². The minimum atomic E-state index is -0.546. The molecule has 0 spiro atoms. The van der Waals surface area contributed by atoms with E-state index in [0.717, 1.165) is 0 Å². The number of nitrogens with one attached hydrogen (secondary N) is 1. The van der Waals surface area contributed by atoms with Gasteiger partial charge in [-0.15, -0.1) is 0 Å². The molecule has 0 fully saturated rings. The second-order valence-corrected chi connectivity index (χ2v) is 4.70. The highest BCUT2D eigenvalue weighted by Crippen LogP contribution is 2.20. The average Bonchev–Trinajstić information content (AvgIpc) is 2.74. The third-order valence-electron chi connectivity index (χ3n) is 1.98. The summed E-state index contributed by atoms with van der Waals surface area (Å²) in [4.78, 5) is 11.7. The van der Waals surface area contributed by atoms with Gasteiger partial charge in [0.1, 0.15) is 5.82 Å². The van der Waals surface area contributed by atoms with Crippen LogP contribution in [0.4, 0.5) is 10.1 Å². The first-order valence-electron chi connectivity index (χ1n) is 4.46. The number of hydrogen-bond acceptors (Lipinski definition) is 2. The maximum absolute atomic E-state index is 13.6. The predicted octanol–water partition coefficient (Wildman–Crippen LogP) is 3.90. The van der Waals surface area contributed by atoms with Crippen LogP contribution >= 0.6 is 27.3 Å². The Hall–Kier alpha value is -1.20. The van der Waals surface area contributed by atoms with Crippen molar-refractivity contribution in [1.29, 1.82) is 0 Å². The highest BCUT2D eigenvalue weighted by molar-refractivity contribution is 9.10. The quantitative estimate of drug-likeness (QED) is 0.895. The lowest BCUT2D eigenvalue weighted by Gasteiger charge is -2.04. The molecule has 0 aliphatic carbocycles. The van der Waals surface area contributed by atoms with E-state index >= 15 is 0 Å². The molecule has 5 heteroatoms. The summed E-state index contributed by atoms with van der Waals surface area (Å²) in [6.45, 7) is 0. The third kappa shape index (κ3) is 2.31. The Morgan fingerprint density at radius 2 is 2.19 bits per heavy atom. The molecule has 2 aromatic rings. The summed E-state index contributed by atoms with van der Waals surface area (Å²) in [6.07, 6.45) is 0. The van der Waals surface area contributed by atoms with Gasteiger partial charge in [0.25, 0.3) is 5.91 Å². The van der Waals surface area contributed by atoms with Crippen molar-refractivity contribution in [1.82, 2.24) is 0 Å². The van der Waals surface area contributed by atoms with Gasteiger partial charge in [0.15, 0.2) is 0 Å². The number of thiophene rings is 1. The molecule has 0 aliphatic heterocycles. The van der Waals surface area contributed by atoms with E-state index in [1.54, 1.807) is 23.6 Å². The van der Waals surface area contributed by atoms with Crippen molar-refractivity contribution in [3.05, 3.63) is 50.9 Å². The summed E-state index contributed by atoms with van der Waals surface area (Å²) in [5, 5.41) is 6.24. The number of rotatable bonds is 2. The zero-order valence-electron chi connectivity index (χ0n) is 8.04. The van der Waals surface area contributed by atoms with E-state index < -0.39 is 11.7 Å². The molecular formula is C11H7BrFNOS. The first-order chi connectivity index (χ1) is 7.68. The number of anilines is 1. The lowest BCUT2D eigenvalue weighted by Crippen LogP contribution is -2.13. The maximum Gasteiger partial charge on any atom is 0.258 e. The number of carbonyl (C=O) groups excluding carboxylic acids is 1. The van der Waals surface area contributed by atoms with Crippen LogP contribution in [0.5, 0.6) is 0 Å². The summed E-state index contributed by atoms with van der Waals surface area (Å²) >= 11 is 4.51. The Bertz CT molecular complexity index is 513. The fraction of sp³-hybridized carbons (Fsp3) is 0. The Balaban J connectivity index is 2.24. The molecule has 1 aromatic heterocycles. The Labute approximate surface area is 104 Å². The molecule has 1 N–H and O–H groups in total. The van der Waals surface area contributed by atoms with Crippen LogP contribution in [-0.4, -0.2) is 5.91 Å². The molecule has 1 amide bonds. The summed E-state index contributed by atoms with van der Waals surface area (Å²) in [5.74, 6) is -0.993. The predicted molar refractivity (Wildman–Crippen MR) is 66.4 cm³/mol. The summed E-state index contributed by atoms with van der Waals surface area (Å²) < 4.78 is 13.9. The lowest BCUT2D eigenvalue weighted by molar-refractivity contribution is 0.102. The van der Waals surface area contributed by atoms with Gasteiger partial charge < -0.3 is 5.32 Å². The molecule has 1 heterocycles. The van der Waals surface area contributed by atoms with Crippen LogP contribution in [0.2, 0.25) is 0 Å². The molecule has 1 aromatic carbocycles. The minimum Gasteiger partial charge on any atom is -0.321 e. The largest absolute Gasteiger partial charge is 0.321 e. The van der Waals surface area contributed by atoms with E-state index in [2.05, 4.69) is 21.2 Å². The monoisotopic (exact) mass is 299 g/mol. The molecule has 2 nitrogen and oxygen atoms in total. The topological polar surface area (TPSA) is 29.1 Å². The average molecular weight is 300 g/mol. The smallest absolute Gasteiger partial charge is 0.258 e. The standard InChI is InChI=1S/C11H7BrFNOS/c12-9-3-1-2-8(10(9)13)11(15)14-7-4-5-16-6-7/h1-6H,(H,14,15). The number of amides is 1. The highest BCUT2D eigenvalue weighted by Gasteiger charge is 2.13. The van der Waals surface area contributed by atoms with E-state index in [1.165, 1.54) is 17.4 Å². The molecule has 0 saturated carbocycles. The number of halogens is 2. The number of benzene rings is 1. The van der Waals surface area contributed by atoms with Gasteiger partial charge in [0.05, 0.1) is 15.7 Å². The Morgan fingerprint density at radius 1 is 1.38 bits per heavy atom. The first-order valence-corrected chi connectivity index (χ1v) is 6.19. The van der Waals surface area contributed by atoms with Gasteiger partial charge in [-0.05, 0) is 39.5 Å². The molecule has 82 valence electrons. The highest BCUT2D eigenvalue weighted by atomic mass is 79.9. The molecule has 0 saturated heterocycles. The van der Waals surface area contributed by atoms with Crippen molar-refractivity contribution < 1.29 is 9.18 Å². The van der Waals surface area contributed by atoms with Crippen LogP contribution in [0.15, 0.2) is 39.5 Å². The van der Waals surface area contributed by atoms with Crippen molar-refractivity contribution in [2.24, 2.45) is 0 Å². The molecule has 0 atom stereocenters. The van der Waals surface area contributed by atoms with E-state index in [4.69, 9.17) is 0 Å². The van der Waals surface area contributed by atoms with E-state index in [9.17, 15) is 9.18 Å². The van der Waals surface area contributed by atoms with Crippen molar-refractivity contribution in [2.45, 2.75) is 0 Å². The van der Waals surface area contributed by atoms with E-state index in [1.807, 2.05) is 5.38 Å². The van der Waals surface area contributed by atoms with Crippen molar-refractivity contribution in [3.63, 3.8) is 0 Å². The SMILES string of the molecule is O=C(Nc1ccsc1)c1cccc(Br)c1F. The second kappa shape index (κ2) is 4.76. The third-order valence-corrected chi connectivity index (χ3v) is 3.27. The normalized spacial score (nSPS) is 10.1. The van der Waals surface area contributed by atoms with Crippen molar-refractivity contribution in [2.75, 3.05) is 5.32 Å². The van der Waals surface area contributed by atoms with Gasteiger partial charge in [-0.1, -0.05) is 6.07 Å². The zero-order valence-corrected chi connectivity index (χ0v) is 10.4. The zero-order chi connectivity index (χ0) is 11.5. The van der Waals surface area contributed by atoms with E-state index in [0.29, 0.717) is 5.69 Å². The molecule has 2 rings (SSSR count). The molecule has 16 heavy (non-hydrogen) atoms. The summed E-state index contributed by atoms with van der Waals surface area (Å²) in [6, 6.07) is 6.38. The van der Waals surface area contributed by atoms with Gasteiger partial charge in [-0.2, -0.15) is 11.3 Å². The summed E-state index contributed by atoms with van der Waals surface area (Å²) in [5.41, 5.74) is 0.704. The fourth-order valence-corrected chi connectivity index (χ4v) is 2.17. The van der Waals surface area contributed by atoms with Gasteiger partial charge in [0.2, 0.25) is 0 Å². The van der Waals surface area contributed by atoms with Crippen molar-refractivity contribution >= 4 is 38.9 Å². The minimum absolute atomic E-state index is 0.0283. The summed E-state index contributed by atoms with van der Waals surface area (Å²) in [7, 11) is 0. The van der Waals surface area contributed by atoms with Gasteiger partial charge in [-0.25, -0.2) is 4.39 Å². The van der Waals surface area contributed by atoms with Crippen molar-refractivity contribution in [3.8, 4) is 0 Å². The van der Waals surface area contributed by atoms with Gasteiger partial charge in [0, 0.05) is 5.38 Å². The Morgan fingerprint density at radius 3 is 2.88 bits per heavy atom. The van der Waals surface area contributed by atoms with Gasteiger partial charge >= 0.3 is 0 Å². The van der Waals surface area contributed by atoms with Crippen LogP contribution in [0.1, 0.15) is 10.4 Å². The molecule has 0 bridgehead atoms. The fourth-order valence-electron chi connectivity index (χ4n) is 1.21. The van der Waals surface area contributed by atoms with Crippen LogP contribution in [-0.2, 0) is 0 Å². The van der Waals surface area contributed by atoms with Crippen LogP contribution in [0.3, 0.4) is 0 Å². The van der Waals surface area contributed by atoms with E-state index in [-0.39, 0.29) is 10.0 Å². The maximum atomic E-state index is 13.6. The molecule has 0 radical (unpaired) electrons. The molecular weight excluding hydrogens is 293 g/mol. The molecule has 0 unspecified atom stereocenters. The van der Waals surface area contributed by atoms with Crippen LogP contribution < -0.4 is 5.32 Å². The lowest BCUT2D eigenvalue weighted by atomic mass is 10.2. The molecule has 0 aliphatic rings. The Kier molecular flexibility index (Phi) is 3.36. The van der Waals surface area contributed by atoms with Crippen LogP contribution in [0.25, 0.3) is 0 Å². The number of hydrogen-bond donors (Lipinski definition) is 1. The second-order valence-electron chi connectivity index (χ2n) is 3.07. The number of carbonyl (C=O) groups is 1.